The molecule has 5 rings (SSSR count). The van der Waals surface area contributed by atoms with Crippen molar-refractivity contribution in [2.75, 3.05) is 6.79 Å². The lowest BCUT2D eigenvalue weighted by Crippen LogP contribution is -2.44. The van der Waals surface area contributed by atoms with Gasteiger partial charge in [0.2, 0.25) is 18.6 Å². The van der Waals surface area contributed by atoms with Crippen LogP contribution >= 0.6 is 11.3 Å². The summed E-state index contributed by atoms with van der Waals surface area (Å²) in [6.45, 7) is 0.638. The maximum absolute atomic E-state index is 12.6. The number of benzene rings is 2. The molecule has 34 heavy (non-hydrogen) atoms. The highest BCUT2D eigenvalue weighted by Gasteiger charge is 2.38. The van der Waals surface area contributed by atoms with Crippen molar-refractivity contribution in [2.24, 2.45) is 0 Å². The molecule has 1 atom stereocenters. The van der Waals surface area contributed by atoms with Gasteiger partial charge < -0.3 is 20.1 Å². The molecule has 0 unspecified atom stereocenters. The topological polar surface area (TPSA) is 89.5 Å². The number of aromatic nitrogens is 1. The van der Waals surface area contributed by atoms with E-state index in [0.717, 1.165) is 34.2 Å². The van der Waals surface area contributed by atoms with Crippen LogP contribution in [-0.4, -0.2) is 29.1 Å². The van der Waals surface area contributed by atoms with E-state index in [-0.39, 0.29) is 18.6 Å². The molecule has 1 aromatic heterocycles. The molecule has 0 saturated carbocycles. The Labute approximate surface area is 202 Å². The summed E-state index contributed by atoms with van der Waals surface area (Å²) in [5.74, 6) is 1.46. The van der Waals surface area contributed by atoms with Gasteiger partial charge in [-0.25, -0.2) is 4.98 Å². The smallest absolute Gasteiger partial charge is 0.231 e. The zero-order chi connectivity index (χ0) is 23.4. The fraction of sp³-hybridized carbons (Fsp3) is 0.346. The normalized spacial score (nSPS) is 18.6. The summed E-state index contributed by atoms with van der Waals surface area (Å²) in [6, 6.07) is 16.1. The Kier molecular flexibility index (Phi) is 6.49. The summed E-state index contributed by atoms with van der Waals surface area (Å²) < 4.78 is 10.9. The minimum Gasteiger partial charge on any atom is -0.454 e. The van der Waals surface area contributed by atoms with Gasteiger partial charge in [0, 0.05) is 30.2 Å². The first kappa shape index (κ1) is 22.4. The van der Waals surface area contributed by atoms with E-state index in [9.17, 15) is 9.59 Å². The Morgan fingerprint density at radius 2 is 1.97 bits per heavy atom. The zero-order valence-electron chi connectivity index (χ0n) is 18.8. The van der Waals surface area contributed by atoms with Crippen molar-refractivity contribution in [3.8, 4) is 11.5 Å². The van der Waals surface area contributed by atoms with E-state index in [1.165, 1.54) is 5.56 Å². The number of thiazole rings is 1. The number of nitrogens with zero attached hydrogens (tertiary/aromatic N) is 1. The Morgan fingerprint density at radius 1 is 1.12 bits per heavy atom. The number of carbonyl (C=O) groups is 2. The summed E-state index contributed by atoms with van der Waals surface area (Å²) in [5, 5.41) is 9.15. The number of hydrogen-bond donors (Lipinski definition) is 2. The van der Waals surface area contributed by atoms with E-state index in [1.54, 1.807) is 11.3 Å². The van der Waals surface area contributed by atoms with Gasteiger partial charge in [0.1, 0.15) is 0 Å². The molecule has 8 heteroatoms. The summed E-state index contributed by atoms with van der Waals surface area (Å²) in [6.07, 6.45) is 3.55. The third-order valence-electron chi connectivity index (χ3n) is 6.31. The monoisotopic (exact) mass is 477 g/mol. The van der Waals surface area contributed by atoms with Crippen LogP contribution in [0.5, 0.6) is 11.5 Å². The molecule has 0 bridgehead atoms. The quantitative estimate of drug-likeness (QED) is 0.490. The molecule has 2 aromatic carbocycles. The second-order valence-corrected chi connectivity index (χ2v) is 9.81. The fourth-order valence-electron chi connectivity index (χ4n) is 4.54. The van der Waals surface area contributed by atoms with E-state index in [1.807, 2.05) is 41.8 Å². The van der Waals surface area contributed by atoms with E-state index in [4.69, 9.17) is 9.47 Å². The van der Waals surface area contributed by atoms with Crippen LogP contribution in [0, 0.1) is 0 Å². The lowest BCUT2D eigenvalue weighted by atomic mass is 9.85. The van der Waals surface area contributed by atoms with E-state index >= 15 is 0 Å². The summed E-state index contributed by atoms with van der Waals surface area (Å²) in [4.78, 5) is 29.3. The van der Waals surface area contributed by atoms with Crippen molar-refractivity contribution in [3.05, 3.63) is 75.7 Å². The molecule has 3 heterocycles. The Hall–Kier alpha value is -3.39. The van der Waals surface area contributed by atoms with Gasteiger partial charge >= 0.3 is 0 Å². The molecule has 2 amide bonds. The highest BCUT2D eigenvalue weighted by Crippen LogP contribution is 2.36. The Balaban J connectivity index is 1.14. The van der Waals surface area contributed by atoms with Gasteiger partial charge in [-0.3, -0.25) is 9.59 Å². The van der Waals surface area contributed by atoms with Crippen LogP contribution in [0.4, 0.5) is 0 Å². The molecule has 1 saturated heterocycles. The number of amides is 2. The molecule has 176 valence electrons. The predicted molar refractivity (Wildman–Crippen MR) is 129 cm³/mol. The van der Waals surface area contributed by atoms with Gasteiger partial charge in [-0.15, -0.1) is 11.3 Å². The zero-order valence-corrected chi connectivity index (χ0v) is 19.7. The summed E-state index contributed by atoms with van der Waals surface area (Å²) in [5.41, 5.74) is 2.72. The van der Waals surface area contributed by atoms with Gasteiger partial charge in [-0.1, -0.05) is 36.4 Å². The van der Waals surface area contributed by atoms with Crippen molar-refractivity contribution < 1.29 is 19.1 Å². The molecule has 2 aliphatic heterocycles. The van der Waals surface area contributed by atoms with Crippen molar-refractivity contribution in [3.63, 3.8) is 0 Å². The Bertz CT molecular complexity index is 1180. The Morgan fingerprint density at radius 3 is 2.79 bits per heavy atom. The standard InChI is InChI=1S/C26H27N3O4S/c30-23(27-15-20-16-34-25(28-20)13-18-4-2-1-3-5-18)8-10-26(11-9-24(31)29-26)14-19-6-7-21-22(12-19)33-17-32-21/h1-7,12,16H,8-11,13-15,17H2,(H,27,30)(H,29,31)/t26-/m1/s1. The molecular formula is C26H27N3O4S. The summed E-state index contributed by atoms with van der Waals surface area (Å²) in [7, 11) is 0. The first-order valence-electron chi connectivity index (χ1n) is 11.5. The third-order valence-corrected chi connectivity index (χ3v) is 7.21. The average molecular weight is 478 g/mol. The number of rotatable bonds is 9. The second kappa shape index (κ2) is 9.85. The maximum atomic E-state index is 12.6. The lowest BCUT2D eigenvalue weighted by molar-refractivity contribution is -0.122. The van der Waals surface area contributed by atoms with Crippen molar-refractivity contribution in [2.45, 2.75) is 50.6 Å². The fourth-order valence-corrected chi connectivity index (χ4v) is 5.36. The van der Waals surface area contributed by atoms with Crippen molar-refractivity contribution >= 4 is 23.2 Å². The van der Waals surface area contributed by atoms with E-state index in [2.05, 4.69) is 27.8 Å². The predicted octanol–water partition coefficient (Wildman–Crippen LogP) is 3.75. The average Bonchev–Trinajstić information content (AvgIpc) is 3.57. The number of fused-ring (bicyclic) bond motifs is 1. The minimum absolute atomic E-state index is 0.0366. The molecule has 2 aliphatic rings. The molecule has 2 N–H and O–H groups in total. The van der Waals surface area contributed by atoms with Crippen LogP contribution in [0.1, 0.15) is 47.5 Å². The molecule has 3 aromatic rings. The molecule has 0 spiro atoms. The van der Waals surface area contributed by atoms with Crippen LogP contribution in [0.25, 0.3) is 0 Å². The largest absolute Gasteiger partial charge is 0.454 e. The minimum atomic E-state index is -0.425. The summed E-state index contributed by atoms with van der Waals surface area (Å²) >= 11 is 1.61. The van der Waals surface area contributed by atoms with Gasteiger partial charge in [-0.05, 0) is 42.5 Å². The number of nitrogens with one attached hydrogen (secondary N) is 2. The molecule has 0 radical (unpaired) electrons. The van der Waals surface area contributed by atoms with E-state index < -0.39 is 5.54 Å². The van der Waals surface area contributed by atoms with E-state index in [0.29, 0.717) is 38.6 Å². The molecule has 0 aliphatic carbocycles. The van der Waals surface area contributed by atoms with Gasteiger partial charge in [-0.2, -0.15) is 0 Å². The van der Waals surface area contributed by atoms with Crippen LogP contribution in [0.15, 0.2) is 53.9 Å². The molecule has 7 nitrogen and oxygen atoms in total. The van der Waals surface area contributed by atoms with Crippen LogP contribution < -0.4 is 20.1 Å². The second-order valence-electron chi connectivity index (χ2n) is 8.86. The first-order valence-corrected chi connectivity index (χ1v) is 12.4. The van der Waals surface area contributed by atoms with Crippen molar-refractivity contribution in [1.29, 1.82) is 0 Å². The van der Waals surface area contributed by atoms with Crippen molar-refractivity contribution in [1.82, 2.24) is 15.6 Å². The highest BCUT2D eigenvalue weighted by atomic mass is 32.1. The maximum Gasteiger partial charge on any atom is 0.231 e. The number of carbonyl (C=O) groups excluding carboxylic acids is 2. The van der Waals surface area contributed by atoms with Gasteiger partial charge in [0.05, 0.1) is 17.2 Å². The number of hydrogen-bond acceptors (Lipinski definition) is 6. The van der Waals surface area contributed by atoms with Crippen LogP contribution in [0.2, 0.25) is 0 Å². The molecule has 1 fully saturated rings. The number of ether oxygens (including phenoxy) is 2. The van der Waals surface area contributed by atoms with Crippen LogP contribution in [-0.2, 0) is 29.0 Å². The SMILES string of the molecule is O=C(CC[C@]1(Cc2ccc3c(c2)OCO3)CCC(=O)N1)NCc1csc(Cc2ccccc2)n1. The highest BCUT2D eigenvalue weighted by molar-refractivity contribution is 7.09. The van der Waals surface area contributed by atoms with Crippen LogP contribution in [0.3, 0.4) is 0 Å². The lowest BCUT2D eigenvalue weighted by Gasteiger charge is -2.29. The third kappa shape index (κ3) is 5.39. The van der Waals surface area contributed by atoms with Gasteiger partial charge in [0.15, 0.2) is 11.5 Å². The molecular weight excluding hydrogens is 450 g/mol. The van der Waals surface area contributed by atoms with Gasteiger partial charge in [0.25, 0.3) is 0 Å². The first-order chi connectivity index (χ1) is 16.6.